The van der Waals surface area contributed by atoms with E-state index in [1.54, 1.807) is 0 Å². The average molecular weight is 295 g/mol. The van der Waals surface area contributed by atoms with Gasteiger partial charge in [-0.2, -0.15) is 6.08 Å². The Kier molecular flexibility index (Phi) is 19.7. The van der Waals surface area contributed by atoms with E-state index >= 15 is 0 Å². The number of allylic oxidation sites excluding steroid dienone is 4. The van der Waals surface area contributed by atoms with Crippen LogP contribution in [0.2, 0.25) is 0 Å². The summed E-state index contributed by atoms with van der Waals surface area (Å²) in [7, 11) is 0. The van der Waals surface area contributed by atoms with Gasteiger partial charge in [0, 0.05) is 0 Å². The Labute approximate surface area is 60.5 Å². The van der Waals surface area contributed by atoms with E-state index in [2.05, 4.69) is 12.2 Å². The Bertz CT molecular complexity index is 68.5. The maximum Gasteiger partial charge on any atom is 1.00 e. The van der Waals surface area contributed by atoms with Gasteiger partial charge in [0.25, 0.3) is 0 Å². The topological polar surface area (TPSA) is 0 Å². The fourth-order valence-corrected chi connectivity index (χ4v) is 0.340. The van der Waals surface area contributed by atoms with Crippen LogP contribution in [0.5, 0.6) is 0 Å². The Morgan fingerprint density at radius 1 is 1.25 bits per heavy atom. The molecule has 0 saturated carbocycles. The SMILES string of the molecule is F.F.[C-]1=CC=CC1.[Os+]. The summed E-state index contributed by atoms with van der Waals surface area (Å²) in [6.45, 7) is 0. The summed E-state index contributed by atoms with van der Waals surface area (Å²) in [6.07, 6.45) is 10.0. The van der Waals surface area contributed by atoms with Crippen LogP contribution in [0.25, 0.3) is 0 Å². The Balaban J connectivity index is -0.0000000833. The van der Waals surface area contributed by atoms with Crippen LogP contribution in [0.1, 0.15) is 6.42 Å². The quantitative estimate of drug-likeness (QED) is 0.596. The van der Waals surface area contributed by atoms with Gasteiger partial charge in [-0.05, 0) is 0 Å². The van der Waals surface area contributed by atoms with Crippen molar-refractivity contribution < 1.29 is 29.2 Å². The van der Waals surface area contributed by atoms with E-state index in [1.807, 2.05) is 12.2 Å². The molecule has 1 aliphatic rings. The van der Waals surface area contributed by atoms with Crippen LogP contribution in [-0.4, -0.2) is 0 Å². The molecule has 1 aliphatic carbocycles. The van der Waals surface area contributed by atoms with Gasteiger partial charge >= 0.3 is 19.8 Å². The summed E-state index contributed by atoms with van der Waals surface area (Å²) >= 11 is 0. The molecule has 0 spiro atoms. The van der Waals surface area contributed by atoms with Gasteiger partial charge in [0.15, 0.2) is 0 Å². The van der Waals surface area contributed by atoms with Gasteiger partial charge in [-0.1, -0.05) is 0 Å². The standard InChI is InChI=1S/C5H5.2FH.Os/c1-2-4-5-3-1;;;/h1-3H,4H2;2*1H;/q-1;;;+1. The van der Waals surface area contributed by atoms with Crippen LogP contribution < -0.4 is 0 Å². The third-order valence-corrected chi connectivity index (χ3v) is 0.586. The first kappa shape index (κ1) is 15.7. The minimum Gasteiger partial charge on any atom is -0.273 e. The second kappa shape index (κ2) is 10.1. The zero-order chi connectivity index (χ0) is 3.54. The summed E-state index contributed by atoms with van der Waals surface area (Å²) in [6, 6.07) is 0. The zero-order valence-electron chi connectivity index (χ0n) is 4.11. The number of hydrogen-bond acceptors (Lipinski definition) is 0. The van der Waals surface area contributed by atoms with Gasteiger partial charge in [0.2, 0.25) is 0 Å². The van der Waals surface area contributed by atoms with Crippen molar-refractivity contribution in [2.45, 2.75) is 6.42 Å². The molecule has 49 valence electrons. The minimum atomic E-state index is 0. The minimum absolute atomic E-state index is 0. The third-order valence-electron chi connectivity index (χ3n) is 0.586. The molecule has 1 radical (unpaired) electrons. The first-order chi connectivity index (χ1) is 2.50. The average Bonchev–Trinajstić information content (AvgIpc) is 1.76. The van der Waals surface area contributed by atoms with E-state index < -0.39 is 0 Å². The molecule has 0 heterocycles. The molecule has 0 unspecified atom stereocenters. The second-order valence-corrected chi connectivity index (χ2v) is 1.00. The molecule has 0 N–H and O–H groups in total. The summed E-state index contributed by atoms with van der Waals surface area (Å²) in [5.74, 6) is 0. The van der Waals surface area contributed by atoms with Crippen LogP contribution in [0.4, 0.5) is 9.41 Å². The van der Waals surface area contributed by atoms with E-state index in [1.165, 1.54) is 0 Å². The third kappa shape index (κ3) is 5.98. The maximum absolute atomic E-state index is 2.99. The van der Waals surface area contributed by atoms with Crippen LogP contribution >= 0.6 is 0 Å². The van der Waals surface area contributed by atoms with Crippen molar-refractivity contribution in [3.8, 4) is 0 Å². The van der Waals surface area contributed by atoms with Gasteiger partial charge in [-0.15, -0.1) is 6.42 Å². The number of rotatable bonds is 0. The molecule has 0 nitrogen and oxygen atoms in total. The molecule has 1 rings (SSSR count). The molecule has 0 aliphatic heterocycles. The van der Waals surface area contributed by atoms with Crippen molar-refractivity contribution >= 4 is 0 Å². The molecule has 0 saturated heterocycles. The molecule has 0 aromatic heterocycles. The van der Waals surface area contributed by atoms with Gasteiger partial charge in [-0.25, -0.2) is 12.2 Å². The Hall–Kier alpha value is -0.0236. The van der Waals surface area contributed by atoms with Crippen molar-refractivity contribution in [1.82, 2.24) is 0 Å². The summed E-state index contributed by atoms with van der Waals surface area (Å²) in [5.41, 5.74) is 0. The molecular weight excluding hydrogens is 288 g/mol. The molecule has 0 aromatic carbocycles. The van der Waals surface area contributed by atoms with Crippen molar-refractivity contribution in [2.24, 2.45) is 0 Å². The summed E-state index contributed by atoms with van der Waals surface area (Å²) in [5, 5.41) is 0. The summed E-state index contributed by atoms with van der Waals surface area (Å²) < 4.78 is 0. The summed E-state index contributed by atoms with van der Waals surface area (Å²) in [4.78, 5) is 0. The molecule has 3 heteroatoms. The predicted molar refractivity (Wildman–Crippen MR) is 26.6 cm³/mol. The monoisotopic (exact) mass is 297 g/mol. The Morgan fingerprint density at radius 2 is 1.88 bits per heavy atom. The van der Waals surface area contributed by atoms with Gasteiger partial charge in [0.05, 0.1) is 0 Å². The molecule has 0 atom stereocenters. The van der Waals surface area contributed by atoms with E-state index in [9.17, 15) is 0 Å². The molecule has 0 amide bonds. The van der Waals surface area contributed by atoms with Crippen molar-refractivity contribution in [2.75, 3.05) is 0 Å². The molecule has 0 aromatic rings. The smallest absolute Gasteiger partial charge is 0.273 e. The van der Waals surface area contributed by atoms with Crippen molar-refractivity contribution in [1.29, 1.82) is 0 Å². The van der Waals surface area contributed by atoms with E-state index in [4.69, 9.17) is 0 Å². The van der Waals surface area contributed by atoms with Crippen LogP contribution in [0, 0.1) is 6.08 Å². The largest absolute Gasteiger partial charge is 1.00 e. The van der Waals surface area contributed by atoms with E-state index in [0.29, 0.717) is 0 Å². The molecule has 8 heavy (non-hydrogen) atoms. The fourth-order valence-electron chi connectivity index (χ4n) is 0.340. The number of halogens is 2. The predicted octanol–water partition coefficient (Wildman–Crippen LogP) is 1.61. The van der Waals surface area contributed by atoms with Gasteiger partial charge < -0.3 is 0 Å². The second-order valence-electron chi connectivity index (χ2n) is 1.00. The van der Waals surface area contributed by atoms with Gasteiger partial charge in [0.1, 0.15) is 0 Å². The molecule has 0 bridgehead atoms. The first-order valence-corrected chi connectivity index (χ1v) is 1.72. The van der Waals surface area contributed by atoms with E-state index in [0.717, 1.165) is 6.42 Å². The van der Waals surface area contributed by atoms with Crippen LogP contribution in [0.3, 0.4) is 0 Å². The first-order valence-electron chi connectivity index (χ1n) is 1.72. The van der Waals surface area contributed by atoms with E-state index in [-0.39, 0.29) is 29.2 Å². The molecular formula is C5H7F2Os. The van der Waals surface area contributed by atoms with Crippen LogP contribution in [-0.2, 0) is 19.8 Å². The fraction of sp³-hybridized carbons (Fsp3) is 0.200. The number of hydrogen-bond donors (Lipinski definition) is 0. The molecule has 0 fully saturated rings. The van der Waals surface area contributed by atoms with Crippen molar-refractivity contribution in [3.63, 3.8) is 0 Å². The Morgan fingerprint density at radius 3 is 2.00 bits per heavy atom. The normalized spacial score (nSPS) is 11.0. The van der Waals surface area contributed by atoms with Crippen molar-refractivity contribution in [3.05, 3.63) is 24.3 Å². The maximum atomic E-state index is 2.99. The van der Waals surface area contributed by atoms with Crippen LogP contribution in [0.15, 0.2) is 18.2 Å². The van der Waals surface area contributed by atoms with Gasteiger partial charge in [-0.3, -0.25) is 15.5 Å². The zero-order valence-corrected chi connectivity index (χ0v) is 6.65.